The molecular formula is C12H14O2. The van der Waals surface area contributed by atoms with E-state index in [4.69, 9.17) is 4.74 Å². The fraction of sp³-hybridized carbons (Fsp3) is 0.583. The van der Waals surface area contributed by atoms with Crippen LogP contribution in [0.5, 0.6) is 0 Å². The molecule has 0 spiro atoms. The Balaban J connectivity index is 1.84. The molecule has 1 saturated carbocycles. The Morgan fingerprint density at radius 3 is 3.00 bits per heavy atom. The molecule has 0 N–H and O–H groups in total. The molecule has 0 aromatic rings. The summed E-state index contributed by atoms with van der Waals surface area (Å²) in [4.78, 5) is 10.9. The van der Waals surface area contributed by atoms with Crippen molar-refractivity contribution in [1.82, 2.24) is 0 Å². The topological polar surface area (TPSA) is 26.3 Å². The van der Waals surface area contributed by atoms with Crippen molar-refractivity contribution >= 4 is 5.97 Å². The first kappa shape index (κ1) is 8.27. The highest BCUT2D eigenvalue weighted by Gasteiger charge is 2.49. The third-order valence-corrected chi connectivity index (χ3v) is 3.80. The van der Waals surface area contributed by atoms with Gasteiger partial charge in [-0.3, -0.25) is 4.79 Å². The van der Waals surface area contributed by atoms with Crippen LogP contribution < -0.4 is 0 Å². The summed E-state index contributed by atoms with van der Waals surface area (Å²) in [6, 6.07) is 0. The number of allylic oxidation sites excluding steroid dienone is 4. The van der Waals surface area contributed by atoms with Gasteiger partial charge in [0.2, 0.25) is 0 Å². The fourth-order valence-corrected chi connectivity index (χ4v) is 3.33. The summed E-state index contributed by atoms with van der Waals surface area (Å²) in [6.45, 7) is 1.48. The highest BCUT2D eigenvalue weighted by atomic mass is 16.5. The van der Waals surface area contributed by atoms with Crippen molar-refractivity contribution < 1.29 is 9.53 Å². The SMILES string of the molecule is CC(=O)OC1=CC[C@H]2[C@H]1[C@H]1C=C[C@H]2C1. The van der Waals surface area contributed by atoms with Crippen LogP contribution in [0.1, 0.15) is 19.8 Å². The monoisotopic (exact) mass is 190 g/mol. The van der Waals surface area contributed by atoms with E-state index in [0.29, 0.717) is 11.8 Å². The predicted molar refractivity (Wildman–Crippen MR) is 52.2 cm³/mol. The number of hydrogen-bond acceptors (Lipinski definition) is 2. The average molecular weight is 190 g/mol. The Hall–Kier alpha value is -1.05. The predicted octanol–water partition coefficient (Wildman–Crippen LogP) is 2.28. The number of carbonyl (C=O) groups is 1. The van der Waals surface area contributed by atoms with Crippen molar-refractivity contribution in [1.29, 1.82) is 0 Å². The second-order valence-corrected chi connectivity index (χ2v) is 4.57. The van der Waals surface area contributed by atoms with Gasteiger partial charge in [0, 0.05) is 12.8 Å². The molecule has 74 valence electrons. The van der Waals surface area contributed by atoms with Crippen LogP contribution in [0.3, 0.4) is 0 Å². The van der Waals surface area contributed by atoms with Crippen LogP contribution in [0.25, 0.3) is 0 Å². The summed E-state index contributed by atoms with van der Waals surface area (Å²) in [5.41, 5.74) is 0. The first-order chi connectivity index (χ1) is 6.75. The van der Waals surface area contributed by atoms with Gasteiger partial charge in [-0.05, 0) is 36.7 Å². The van der Waals surface area contributed by atoms with E-state index in [1.165, 1.54) is 13.3 Å². The molecule has 4 atom stereocenters. The molecule has 3 rings (SSSR count). The highest BCUT2D eigenvalue weighted by molar-refractivity contribution is 5.67. The fourth-order valence-electron chi connectivity index (χ4n) is 3.33. The van der Waals surface area contributed by atoms with Crippen LogP contribution in [0.4, 0.5) is 0 Å². The van der Waals surface area contributed by atoms with Crippen LogP contribution in [-0.2, 0) is 9.53 Å². The molecule has 2 nitrogen and oxygen atoms in total. The molecule has 0 heterocycles. The lowest BCUT2D eigenvalue weighted by atomic mass is 9.85. The number of esters is 1. The first-order valence-electron chi connectivity index (χ1n) is 5.32. The molecule has 2 bridgehead atoms. The molecule has 0 saturated heterocycles. The lowest BCUT2D eigenvalue weighted by Crippen LogP contribution is -2.18. The second kappa shape index (κ2) is 2.72. The van der Waals surface area contributed by atoms with Crippen molar-refractivity contribution in [3.8, 4) is 0 Å². The highest BCUT2D eigenvalue weighted by Crippen LogP contribution is 2.55. The number of hydrogen-bond donors (Lipinski definition) is 0. The third kappa shape index (κ3) is 0.999. The van der Waals surface area contributed by atoms with Crippen molar-refractivity contribution in [2.24, 2.45) is 23.7 Å². The number of carbonyl (C=O) groups excluding carboxylic acids is 1. The lowest BCUT2D eigenvalue weighted by molar-refractivity contribution is -0.137. The lowest BCUT2D eigenvalue weighted by Gasteiger charge is -2.22. The van der Waals surface area contributed by atoms with E-state index in [1.54, 1.807) is 0 Å². The summed E-state index contributed by atoms with van der Waals surface area (Å²) in [5.74, 6) is 3.38. The Labute approximate surface area is 83.6 Å². The van der Waals surface area contributed by atoms with Gasteiger partial charge in [-0.15, -0.1) is 0 Å². The Morgan fingerprint density at radius 1 is 1.43 bits per heavy atom. The quantitative estimate of drug-likeness (QED) is 0.468. The molecule has 3 aliphatic rings. The molecule has 14 heavy (non-hydrogen) atoms. The third-order valence-electron chi connectivity index (χ3n) is 3.80. The van der Waals surface area contributed by atoms with Crippen molar-refractivity contribution in [3.63, 3.8) is 0 Å². The van der Waals surface area contributed by atoms with Gasteiger partial charge in [-0.1, -0.05) is 12.2 Å². The zero-order chi connectivity index (χ0) is 9.71. The van der Waals surface area contributed by atoms with E-state index in [1.807, 2.05) is 0 Å². The zero-order valence-corrected chi connectivity index (χ0v) is 8.27. The normalized spacial score (nSPS) is 42.5. The summed E-state index contributed by atoms with van der Waals surface area (Å²) < 4.78 is 5.27. The molecule has 0 amide bonds. The molecule has 0 unspecified atom stereocenters. The maximum absolute atomic E-state index is 10.9. The van der Waals surface area contributed by atoms with Gasteiger partial charge in [0.15, 0.2) is 0 Å². The van der Waals surface area contributed by atoms with Gasteiger partial charge in [0.05, 0.1) is 0 Å². The zero-order valence-electron chi connectivity index (χ0n) is 8.27. The standard InChI is InChI=1S/C12H14O2/c1-7(13)14-11-5-4-10-8-2-3-9(6-8)12(10)11/h2-3,5,8-10,12H,4,6H2,1H3/t8-,9-,10+,12+/m0/s1. The number of fused-ring (bicyclic) bond motifs is 5. The van der Waals surface area contributed by atoms with E-state index in [2.05, 4.69) is 18.2 Å². The smallest absolute Gasteiger partial charge is 0.307 e. The largest absolute Gasteiger partial charge is 0.431 e. The molecule has 0 radical (unpaired) electrons. The van der Waals surface area contributed by atoms with Crippen LogP contribution in [-0.4, -0.2) is 5.97 Å². The van der Waals surface area contributed by atoms with E-state index < -0.39 is 0 Å². The second-order valence-electron chi connectivity index (χ2n) is 4.57. The molecule has 1 fully saturated rings. The maximum atomic E-state index is 10.9. The van der Waals surface area contributed by atoms with Crippen molar-refractivity contribution in [2.75, 3.05) is 0 Å². The van der Waals surface area contributed by atoms with E-state index in [9.17, 15) is 4.79 Å². The minimum atomic E-state index is -0.177. The van der Waals surface area contributed by atoms with Crippen LogP contribution in [0.15, 0.2) is 24.0 Å². The minimum Gasteiger partial charge on any atom is -0.431 e. The number of rotatable bonds is 1. The maximum Gasteiger partial charge on any atom is 0.307 e. The van der Waals surface area contributed by atoms with Gasteiger partial charge in [0.25, 0.3) is 0 Å². The van der Waals surface area contributed by atoms with E-state index in [-0.39, 0.29) is 5.97 Å². The Morgan fingerprint density at radius 2 is 2.21 bits per heavy atom. The van der Waals surface area contributed by atoms with Crippen molar-refractivity contribution in [2.45, 2.75) is 19.8 Å². The molecule has 0 aromatic heterocycles. The van der Waals surface area contributed by atoms with Crippen LogP contribution in [0, 0.1) is 23.7 Å². The summed E-state index contributed by atoms with van der Waals surface area (Å²) in [5, 5.41) is 0. The Kier molecular flexibility index (Phi) is 1.61. The summed E-state index contributed by atoms with van der Waals surface area (Å²) in [7, 11) is 0. The molecular weight excluding hydrogens is 176 g/mol. The minimum absolute atomic E-state index is 0.177. The van der Waals surface area contributed by atoms with E-state index >= 15 is 0 Å². The molecule has 0 aromatic carbocycles. The van der Waals surface area contributed by atoms with Gasteiger partial charge in [0.1, 0.15) is 5.76 Å². The Bertz CT molecular complexity index is 340. The summed E-state index contributed by atoms with van der Waals surface area (Å²) in [6.07, 6.45) is 9.13. The molecule has 0 aliphatic heterocycles. The van der Waals surface area contributed by atoms with Crippen LogP contribution >= 0.6 is 0 Å². The van der Waals surface area contributed by atoms with Crippen molar-refractivity contribution in [3.05, 3.63) is 24.0 Å². The summed E-state index contributed by atoms with van der Waals surface area (Å²) >= 11 is 0. The van der Waals surface area contributed by atoms with Gasteiger partial charge in [-0.25, -0.2) is 0 Å². The van der Waals surface area contributed by atoms with Gasteiger partial charge < -0.3 is 4.74 Å². The number of ether oxygens (including phenoxy) is 1. The molecule has 2 heteroatoms. The van der Waals surface area contributed by atoms with Gasteiger partial charge in [-0.2, -0.15) is 0 Å². The average Bonchev–Trinajstić information content (AvgIpc) is 2.74. The molecule has 3 aliphatic carbocycles. The first-order valence-corrected chi connectivity index (χ1v) is 5.32. The van der Waals surface area contributed by atoms with Crippen LogP contribution in [0.2, 0.25) is 0 Å². The van der Waals surface area contributed by atoms with Gasteiger partial charge >= 0.3 is 5.97 Å². The van der Waals surface area contributed by atoms with E-state index in [0.717, 1.165) is 24.0 Å².